The monoisotopic (exact) mass is 544 g/mol. The fraction of sp³-hybridized carbons (Fsp3) is 0.304. The van der Waals surface area contributed by atoms with Crippen LogP contribution in [0.15, 0.2) is 41.1 Å². The van der Waals surface area contributed by atoms with E-state index in [0.717, 1.165) is 29.3 Å². The van der Waals surface area contributed by atoms with Crippen molar-refractivity contribution in [3.05, 3.63) is 53.4 Å². The number of piperazine rings is 1. The molecule has 2 aliphatic heterocycles. The zero-order valence-electron chi connectivity index (χ0n) is 19.8. The van der Waals surface area contributed by atoms with Gasteiger partial charge in [-0.25, -0.2) is 27.0 Å². The highest BCUT2D eigenvalue weighted by Crippen LogP contribution is 2.30. The molecule has 0 radical (unpaired) electrons. The molecule has 0 unspecified atom stereocenters. The molecule has 12 nitrogen and oxygen atoms in total. The lowest BCUT2D eigenvalue weighted by atomic mass is 10.2. The van der Waals surface area contributed by atoms with E-state index < -0.39 is 38.5 Å². The standard InChI is InChI=1S/C23H22F2N8O4S/c24-14-1-4-18(16(25)10-14)38(36,37)32-7-5-31(6-8-32)19-11-20(27-15-2-3-15)33-21(29-19)13(12-26-33)9-17-22(34)30-23(35)28-17/h1,4,9-12,15,27H,2-3,5-8H2,(H2,28,30,34,35). The summed E-state index contributed by atoms with van der Waals surface area (Å²) in [5.41, 5.74) is 1.02. The molecule has 0 bridgehead atoms. The molecule has 1 saturated carbocycles. The van der Waals surface area contributed by atoms with Gasteiger partial charge in [-0.3, -0.25) is 10.1 Å². The molecular formula is C23H22F2N8O4S. The van der Waals surface area contributed by atoms with Crippen LogP contribution < -0.4 is 20.9 Å². The van der Waals surface area contributed by atoms with E-state index in [9.17, 15) is 26.8 Å². The molecule has 38 heavy (non-hydrogen) atoms. The molecule has 15 heteroatoms. The van der Waals surface area contributed by atoms with Crippen LogP contribution in [0.1, 0.15) is 18.4 Å². The summed E-state index contributed by atoms with van der Waals surface area (Å²) in [7, 11) is -4.15. The minimum Gasteiger partial charge on any atom is -0.367 e. The molecule has 3 N–H and O–H groups in total. The van der Waals surface area contributed by atoms with Crippen LogP contribution in [0, 0.1) is 11.6 Å². The van der Waals surface area contributed by atoms with Gasteiger partial charge in [0, 0.05) is 49.9 Å². The first-order valence-corrected chi connectivity index (χ1v) is 13.3. The largest absolute Gasteiger partial charge is 0.367 e. The van der Waals surface area contributed by atoms with Crippen LogP contribution in [0.3, 0.4) is 0 Å². The lowest BCUT2D eigenvalue weighted by Crippen LogP contribution is -2.49. The second kappa shape index (κ2) is 9.02. The normalized spacial score (nSPS) is 19.7. The van der Waals surface area contributed by atoms with Crippen molar-refractivity contribution >= 4 is 45.3 Å². The number of sulfonamides is 1. The Morgan fingerprint density at radius 2 is 1.82 bits per heavy atom. The number of anilines is 2. The van der Waals surface area contributed by atoms with E-state index >= 15 is 0 Å². The van der Waals surface area contributed by atoms with Crippen molar-refractivity contribution in [1.82, 2.24) is 29.5 Å². The van der Waals surface area contributed by atoms with Crippen molar-refractivity contribution in [2.24, 2.45) is 0 Å². The SMILES string of the molecule is O=C1NC(=O)C(=Cc2cnn3c(NC4CC4)cc(N4CCN(S(=O)(=O)c5ccc(F)cc5F)CC4)nc23)N1. The summed E-state index contributed by atoms with van der Waals surface area (Å²) < 4.78 is 56.2. The van der Waals surface area contributed by atoms with Crippen LogP contribution in [0.2, 0.25) is 0 Å². The van der Waals surface area contributed by atoms with Gasteiger partial charge in [-0.1, -0.05) is 0 Å². The topological polar surface area (TPSA) is 141 Å². The van der Waals surface area contributed by atoms with Crippen LogP contribution in [0.4, 0.5) is 25.2 Å². The molecule has 1 aromatic carbocycles. The Morgan fingerprint density at radius 1 is 1.05 bits per heavy atom. The molecule has 3 amide bonds. The van der Waals surface area contributed by atoms with E-state index in [4.69, 9.17) is 4.98 Å². The summed E-state index contributed by atoms with van der Waals surface area (Å²) in [6.45, 7) is 0.688. The van der Waals surface area contributed by atoms with Gasteiger partial charge in [0.2, 0.25) is 10.0 Å². The average Bonchev–Trinajstić information content (AvgIpc) is 3.51. The number of rotatable bonds is 6. The number of urea groups is 1. The number of benzene rings is 1. The number of halogens is 2. The molecule has 3 aromatic rings. The number of amides is 3. The number of hydrogen-bond donors (Lipinski definition) is 3. The van der Waals surface area contributed by atoms with Gasteiger partial charge >= 0.3 is 6.03 Å². The maximum atomic E-state index is 14.2. The van der Waals surface area contributed by atoms with Crippen LogP contribution in [-0.4, -0.2) is 71.5 Å². The van der Waals surface area contributed by atoms with Crippen molar-refractivity contribution in [2.45, 2.75) is 23.8 Å². The smallest absolute Gasteiger partial charge is 0.326 e. The summed E-state index contributed by atoms with van der Waals surface area (Å²) in [5, 5.41) is 12.4. The minimum atomic E-state index is -4.15. The van der Waals surface area contributed by atoms with Gasteiger partial charge in [0.1, 0.15) is 33.9 Å². The number of hydrogen-bond acceptors (Lipinski definition) is 8. The summed E-state index contributed by atoms with van der Waals surface area (Å²) >= 11 is 0. The fourth-order valence-electron chi connectivity index (χ4n) is 4.39. The Balaban J connectivity index is 1.29. The van der Waals surface area contributed by atoms with Gasteiger partial charge in [0.15, 0.2) is 5.65 Å². The third-order valence-corrected chi connectivity index (χ3v) is 8.44. The Morgan fingerprint density at radius 3 is 2.47 bits per heavy atom. The van der Waals surface area contributed by atoms with Crippen molar-refractivity contribution in [3.63, 3.8) is 0 Å². The van der Waals surface area contributed by atoms with Gasteiger partial charge in [-0.2, -0.15) is 13.9 Å². The zero-order chi connectivity index (χ0) is 26.6. The van der Waals surface area contributed by atoms with Crippen LogP contribution in [0.25, 0.3) is 11.7 Å². The molecule has 2 aromatic heterocycles. The molecule has 4 heterocycles. The second-order valence-corrected chi connectivity index (χ2v) is 11.1. The third kappa shape index (κ3) is 4.43. The predicted molar refractivity (Wildman–Crippen MR) is 132 cm³/mol. The van der Waals surface area contributed by atoms with Crippen molar-refractivity contribution in [2.75, 3.05) is 36.4 Å². The van der Waals surface area contributed by atoms with E-state index in [1.807, 2.05) is 11.0 Å². The first-order chi connectivity index (χ1) is 18.2. The minimum absolute atomic E-state index is 0.0692. The first kappa shape index (κ1) is 24.2. The van der Waals surface area contributed by atoms with Gasteiger partial charge < -0.3 is 15.5 Å². The van der Waals surface area contributed by atoms with Crippen molar-refractivity contribution in [1.29, 1.82) is 0 Å². The Bertz CT molecular complexity index is 1610. The molecule has 6 rings (SSSR count). The summed E-state index contributed by atoms with van der Waals surface area (Å²) in [6.07, 6.45) is 5.05. The van der Waals surface area contributed by atoms with Gasteiger partial charge in [-0.15, -0.1) is 0 Å². The molecule has 2 saturated heterocycles. The number of nitrogens with one attached hydrogen (secondary N) is 3. The maximum absolute atomic E-state index is 14.2. The summed E-state index contributed by atoms with van der Waals surface area (Å²) in [4.78, 5) is 29.6. The zero-order valence-corrected chi connectivity index (χ0v) is 20.6. The van der Waals surface area contributed by atoms with Crippen molar-refractivity contribution in [3.8, 4) is 0 Å². The van der Waals surface area contributed by atoms with Gasteiger partial charge in [-0.05, 0) is 31.1 Å². The molecular weight excluding hydrogens is 522 g/mol. The van der Waals surface area contributed by atoms with E-state index in [0.29, 0.717) is 35.0 Å². The first-order valence-electron chi connectivity index (χ1n) is 11.9. The van der Waals surface area contributed by atoms with E-state index in [-0.39, 0.29) is 31.9 Å². The van der Waals surface area contributed by atoms with Crippen LogP contribution in [0.5, 0.6) is 0 Å². The molecule has 1 aliphatic carbocycles. The van der Waals surface area contributed by atoms with E-state index in [1.54, 1.807) is 4.52 Å². The van der Waals surface area contributed by atoms with E-state index in [2.05, 4.69) is 21.0 Å². The third-order valence-electron chi connectivity index (χ3n) is 6.51. The summed E-state index contributed by atoms with van der Waals surface area (Å²) in [5.74, 6) is -1.30. The lowest BCUT2D eigenvalue weighted by Gasteiger charge is -2.35. The molecule has 0 spiro atoms. The maximum Gasteiger partial charge on any atom is 0.326 e. The Kier molecular flexibility index (Phi) is 5.75. The highest BCUT2D eigenvalue weighted by Gasteiger charge is 2.32. The van der Waals surface area contributed by atoms with Gasteiger partial charge in [0.25, 0.3) is 5.91 Å². The number of aromatic nitrogens is 3. The number of imide groups is 1. The fourth-order valence-corrected chi connectivity index (χ4v) is 5.86. The second-order valence-electron chi connectivity index (χ2n) is 9.19. The van der Waals surface area contributed by atoms with Crippen LogP contribution in [-0.2, 0) is 14.8 Å². The highest BCUT2D eigenvalue weighted by molar-refractivity contribution is 7.89. The average molecular weight is 545 g/mol. The van der Waals surface area contributed by atoms with E-state index in [1.165, 1.54) is 12.3 Å². The quantitative estimate of drug-likeness (QED) is 0.311. The molecule has 0 atom stereocenters. The van der Waals surface area contributed by atoms with Gasteiger partial charge in [0.05, 0.1) is 6.20 Å². The predicted octanol–water partition coefficient (Wildman–Crippen LogP) is 1.27. The molecule has 198 valence electrons. The number of carbonyl (C=O) groups excluding carboxylic acids is 2. The highest BCUT2D eigenvalue weighted by atomic mass is 32.2. The van der Waals surface area contributed by atoms with Crippen LogP contribution >= 0.6 is 0 Å². The summed E-state index contributed by atoms with van der Waals surface area (Å²) in [6, 6.07) is 3.90. The van der Waals surface area contributed by atoms with Crippen molar-refractivity contribution < 1.29 is 26.8 Å². The molecule has 3 aliphatic rings. The number of nitrogens with zero attached hydrogens (tertiary/aromatic N) is 5. The number of fused-ring (bicyclic) bond motifs is 1. The Labute approximate surface area is 215 Å². The lowest BCUT2D eigenvalue weighted by molar-refractivity contribution is -0.115. The Hall–Kier alpha value is -4.11. The number of carbonyl (C=O) groups is 2. The molecule has 3 fully saturated rings.